The molecule has 6 nitrogen and oxygen atoms in total. The maximum Gasteiger partial charge on any atom is 0.224 e. The van der Waals surface area contributed by atoms with Crippen molar-refractivity contribution in [2.75, 3.05) is 11.5 Å². The van der Waals surface area contributed by atoms with Gasteiger partial charge in [-0.1, -0.05) is 13.8 Å². The second-order valence-corrected chi connectivity index (χ2v) is 8.80. The third kappa shape index (κ3) is 4.09. The van der Waals surface area contributed by atoms with Crippen LogP contribution in [0.4, 0.5) is 0 Å². The molecule has 0 spiro atoms. The molecule has 0 aliphatic carbocycles. The Hall–Kier alpha value is -1.37. The Bertz CT molecular complexity index is 662. The van der Waals surface area contributed by atoms with Crippen LogP contribution in [0, 0.1) is 19.8 Å². The van der Waals surface area contributed by atoms with Crippen molar-refractivity contribution in [1.82, 2.24) is 15.1 Å². The normalized spacial score (nSPS) is 20.5. The third-order valence-corrected chi connectivity index (χ3v) is 5.77. The Morgan fingerprint density at radius 2 is 2.09 bits per heavy atom. The lowest BCUT2D eigenvalue weighted by molar-refractivity contribution is -0.121. The summed E-state index contributed by atoms with van der Waals surface area (Å²) >= 11 is 0. The number of carbonyl (C=O) groups excluding carboxylic acids is 1. The molecule has 1 saturated heterocycles. The van der Waals surface area contributed by atoms with Gasteiger partial charge in [0, 0.05) is 23.8 Å². The van der Waals surface area contributed by atoms with E-state index in [2.05, 4.69) is 24.3 Å². The molecule has 1 fully saturated rings. The first-order valence-electron chi connectivity index (χ1n) is 7.70. The van der Waals surface area contributed by atoms with Crippen LogP contribution in [0.15, 0.2) is 0 Å². The summed E-state index contributed by atoms with van der Waals surface area (Å²) < 4.78 is 24.8. The monoisotopic (exact) mass is 327 g/mol. The highest BCUT2D eigenvalue weighted by Crippen LogP contribution is 2.16. The van der Waals surface area contributed by atoms with Gasteiger partial charge in [-0.05, 0) is 26.2 Å². The van der Waals surface area contributed by atoms with E-state index < -0.39 is 9.84 Å². The molecular weight excluding hydrogens is 302 g/mol. The molecule has 7 heteroatoms. The van der Waals surface area contributed by atoms with Gasteiger partial charge in [-0.3, -0.25) is 9.48 Å². The molecule has 0 radical (unpaired) electrons. The summed E-state index contributed by atoms with van der Waals surface area (Å²) in [6.45, 7) is 8.97. The quantitative estimate of drug-likeness (QED) is 0.875. The first kappa shape index (κ1) is 17.0. The highest BCUT2D eigenvalue weighted by atomic mass is 32.2. The minimum Gasteiger partial charge on any atom is -0.352 e. The van der Waals surface area contributed by atoms with E-state index in [0.717, 1.165) is 23.5 Å². The summed E-state index contributed by atoms with van der Waals surface area (Å²) in [7, 11) is -2.97. The molecule has 1 aromatic heterocycles. The van der Waals surface area contributed by atoms with Gasteiger partial charge in [0.25, 0.3) is 0 Å². The van der Waals surface area contributed by atoms with Crippen molar-refractivity contribution in [2.24, 2.45) is 5.92 Å². The van der Waals surface area contributed by atoms with Crippen molar-refractivity contribution in [2.45, 2.75) is 53.1 Å². The first-order valence-corrected chi connectivity index (χ1v) is 9.52. The molecule has 1 aliphatic rings. The zero-order valence-corrected chi connectivity index (χ0v) is 14.5. The Morgan fingerprint density at radius 3 is 2.64 bits per heavy atom. The second kappa shape index (κ2) is 6.40. The summed E-state index contributed by atoms with van der Waals surface area (Å²) in [5, 5.41) is 7.33. The molecule has 1 aromatic rings. The van der Waals surface area contributed by atoms with Crippen LogP contribution in [0.2, 0.25) is 0 Å². The molecule has 0 bridgehead atoms. The van der Waals surface area contributed by atoms with Crippen molar-refractivity contribution in [3.05, 3.63) is 17.0 Å². The predicted octanol–water partition coefficient (Wildman–Crippen LogP) is 1.00. The van der Waals surface area contributed by atoms with Crippen LogP contribution in [0.5, 0.6) is 0 Å². The predicted molar refractivity (Wildman–Crippen MR) is 85.4 cm³/mol. The second-order valence-electron chi connectivity index (χ2n) is 6.57. The summed E-state index contributed by atoms with van der Waals surface area (Å²) in [4.78, 5) is 12.2. The molecule has 22 heavy (non-hydrogen) atoms. The maximum atomic E-state index is 12.2. The standard InChI is InChI=1S/C15H25N3O3S/c1-10(2)8-18-12(4)14(11(3)17-18)7-15(19)16-13-5-6-22(20,21)9-13/h10,13H,5-9H2,1-4H3,(H,16,19). The Kier molecular flexibility index (Phi) is 4.94. The van der Waals surface area contributed by atoms with E-state index in [1.807, 2.05) is 18.5 Å². The van der Waals surface area contributed by atoms with Crippen LogP contribution in [-0.2, 0) is 27.6 Å². The highest BCUT2D eigenvalue weighted by Gasteiger charge is 2.29. The van der Waals surface area contributed by atoms with E-state index in [0.29, 0.717) is 12.3 Å². The average Bonchev–Trinajstić information content (AvgIpc) is 2.83. The minimum absolute atomic E-state index is 0.0588. The van der Waals surface area contributed by atoms with E-state index in [1.54, 1.807) is 0 Å². The van der Waals surface area contributed by atoms with Gasteiger partial charge in [0.1, 0.15) is 0 Å². The molecule has 2 rings (SSSR count). The summed E-state index contributed by atoms with van der Waals surface area (Å²) in [6, 6.07) is -0.246. The molecule has 1 N–H and O–H groups in total. The largest absolute Gasteiger partial charge is 0.352 e. The van der Waals surface area contributed by atoms with Gasteiger partial charge in [-0.15, -0.1) is 0 Å². The van der Waals surface area contributed by atoms with Crippen molar-refractivity contribution < 1.29 is 13.2 Å². The van der Waals surface area contributed by atoms with Gasteiger partial charge in [0.15, 0.2) is 9.84 Å². The lowest BCUT2D eigenvalue weighted by Gasteiger charge is -2.11. The van der Waals surface area contributed by atoms with Crippen molar-refractivity contribution in [3.63, 3.8) is 0 Å². The molecular formula is C15H25N3O3S. The van der Waals surface area contributed by atoms with Gasteiger partial charge in [0.05, 0.1) is 23.6 Å². The number of carbonyl (C=O) groups is 1. The van der Waals surface area contributed by atoms with Crippen LogP contribution < -0.4 is 5.32 Å². The van der Waals surface area contributed by atoms with E-state index in [-0.39, 0.29) is 29.9 Å². The van der Waals surface area contributed by atoms with E-state index in [9.17, 15) is 13.2 Å². The maximum absolute atomic E-state index is 12.2. The van der Waals surface area contributed by atoms with E-state index >= 15 is 0 Å². The zero-order valence-electron chi connectivity index (χ0n) is 13.7. The van der Waals surface area contributed by atoms with Gasteiger partial charge in [0.2, 0.25) is 5.91 Å². The van der Waals surface area contributed by atoms with Gasteiger partial charge < -0.3 is 5.32 Å². The lowest BCUT2D eigenvalue weighted by Crippen LogP contribution is -2.36. The number of hydrogen-bond acceptors (Lipinski definition) is 4. The lowest BCUT2D eigenvalue weighted by atomic mass is 10.1. The summed E-state index contributed by atoms with van der Waals surface area (Å²) in [5.41, 5.74) is 2.83. The van der Waals surface area contributed by atoms with E-state index in [4.69, 9.17) is 0 Å². The van der Waals surface area contributed by atoms with E-state index in [1.165, 1.54) is 0 Å². The number of nitrogens with one attached hydrogen (secondary N) is 1. The number of nitrogens with zero attached hydrogens (tertiary/aromatic N) is 2. The molecule has 1 amide bonds. The van der Waals surface area contributed by atoms with Crippen molar-refractivity contribution >= 4 is 15.7 Å². The van der Waals surface area contributed by atoms with Gasteiger partial charge >= 0.3 is 0 Å². The number of aryl methyl sites for hydroxylation is 1. The fourth-order valence-electron chi connectivity index (χ4n) is 2.86. The number of amides is 1. The smallest absolute Gasteiger partial charge is 0.224 e. The van der Waals surface area contributed by atoms with Crippen molar-refractivity contribution in [3.8, 4) is 0 Å². The third-order valence-electron chi connectivity index (χ3n) is 4.00. The summed E-state index contributed by atoms with van der Waals surface area (Å²) in [6.07, 6.45) is 0.769. The average molecular weight is 327 g/mol. The van der Waals surface area contributed by atoms with Crippen LogP contribution >= 0.6 is 0 Å². The Morgan fingerprint density at radius 1 is 1.41 bits per heavy atom. The number of sulfone groups is 1. The topological polar surface area (TPSA) is 81.1 Å². The molecule has 1 unspecified atom stereocenters. The Labute approximate surface area is 132 Å². The number of aromatic nitrogens is 2. The first-order chi connectivity index (χ1) is 10.2. The number of hydrogen-bond donors (Lipinski definition) is 1. The van der Waals surface area contributed by atoms with Crippen LogP contribution in [0.1, 0.15) is 37.2 Å². The Balaban J connectivity index is 2.01. The van der Waals surface area contributed by atoms with Crippen LogP contribution in [0.25, 0.3) is 0 Å². The van der Waals surface area contributed by atoms with Gasteiger partial charge in [-0.25, -0.2) is 8.42 Å². The molecule has 1 aliphatic heterocycles. The SMILES string of the molecule is Cc1nn(CC(C)C)c(C)c1CC(=O)NC1CCS(=O)(=O)C1. The molecule has 0 saturated carbocycles. The molecule has 1 atom stereocenters. The fourth-order valence-corrected chi connectivity index (χ4v) is 4.53. The zero-order chi connectivity index (χ0) is 16.5. The highest BCUT2D eigenvalue weighted by molar-refractivity contribution is 7.91. The molecule has 2 heterocycles. The van der Waals surface area contributed by atoms with Crippen molar-refractivity contribution in [1.29, 1.82) is 0 Å². The van der Waals surface area contributed by atoms with Crippen LogP contribution in [0.3, 0.4) is 0 Å². The summed E-state index contributed by atoms with van der Waals surface area (Å²) in [5.74, 6) is 0.590. The molecule has 0 aromatic carbocycles. The fraction of sp³-hybridized carbons (Fsp3) is 0.733. The van der Waals surface area contributed by atoms with Gasteiger partial charge in [-0.2, -0.15) is 5.10 Å². The minimum atomic E-state index is -2.97. The number of rotatable bonds is 5. The van der Waals surface area contributed by atoms with Crippen LogP contribution in [-0.4, -0.2) is 41.7 Å². The molecule has 124 valence electrons.